The Bertz CT molecular complexity index is 757. The zero-order chi connectivity index (χ0) is 20.4. The minimum atomic E-state index is -0.356. The van der Waals surface area contributed by atoms with E-state index in [0.29, 0.717) is 37.1 Å². The first-order valence-corrected chi connectivity index (χ1v) is 11.0. The zero-order valence-corrected chi connectivity index (χ0v) is 17.3. The molecule has 3 fully saturated rings. The fourth-order valence-electron chi connectivity index (χ4n) is 4.94. The molecule has 0 unspecified atom stereocenters. The van der Waals surface area contributed by atoms with Gasteiger partial charge in [-0.25, -0.2) is 4.39 Å². The number of likely N-dealkylation sites (tertiary alicyclic amines) is 2. The van der Waals surface area contributed by atoms with Crippen molar-refractivity contribution in [2.45, 2.75) is 57.5 Å². The fourth-order valence-corrected chi connectivity index (χ4v) is 4.94. The maximum atomic E-state index is 13.8. The van der Waals surface area contributed by atoms with Crippen molar-refractivity contribution in [2.24, 2.45) is 5.92 Å². The molecule has 6 heteroatoms. The molecule has 0 bridgehead atoms. The van der Waals surface area contributed by atoms with Crippen LogP contribution in [0.25, 0.3) is 0 Å². The molecule has 0 aliphatic carbocycles. The summed E-state index contributed by atoms with van der Waals surface area (Å²) in [5.74, 6) is -0.297. The molecule has 1 aromatic rings. The highest BCUT2D eigenvalue weighted by molar-refractivity contribution is 5.94. The number of rotatable bonds is 2. The summed E-state index contributed by atoms with van der Waals surface area (Å²) in [6.07, 6.45) is 6.73. The van der Waals surface area contributed by atoms with Crippen LogP contribution < -0.4 is 0 Å². The van der Waals surface area contributed by atoms with E-state index in [9.17, 15) is 14.0 Å². The highest BCUT2D eigenvalue weighted by atomic mass is 19.1. The summed E-state index contributed by atoms with van der Waals surface area (Å²) in [7, 11) is 0. The van der Waals surface area contributed by atoms with Crippen molar-refractivity contribution in [1.29, 1.82) is 0 Å². The molecule has 3 saturated heterocycles. The Kier molecular flexibility index (Phi) is 5.91. The highest BCUT2D eigenvalue weighted by Gasteiger charge is 2.39. The predicted octanol–water partition coefficient (Wildman–Crippen LogP) is 3.55. The van der Waals surface area contributed by atoms with Gasteiger partial charge < -0.3 is 14.5 Å². The molecule has 3 heterocycles. The quantitative estimate of drug-likeness (QED) is 0.760. The summed E-state index contributed by atoms with van der Waals surface area (Å²) in [6.45, 7) is 5.19. The van der Waals surface area contributed by atoms with E-state index < -0.39 is 0 Å². The predicted molar refractivity (Wildman–Crippen MR) is 108 cm³/mol. The van der Waals surface area contributed by atoms with Crippen molar-refractivity contribution in [2.75, 3.05) is 32.8 Å². The normalized spacial score (nSPS) is 22.7. The van der Waals surface area contributed by atoms with E-state index in [1.165, 1.54) is 12.5 Å². The van der Waals surface area contributed by atoms with Crippen LogP contribution in [0.15, 0.2) is 18.2 Å². The third-order valence-electron chi connectivity index (χ3n) is 6.97. The number of piperidine rings is 2. The van der Waals surface area contributed by atoms with Crippen molar-refractivity contribution in [1.82, 2.24) is 9.80 Å². The number of aryl methyl sites for hydroxylation is 1. The number of benzene rings is 1. The second-order valence-electron chi connectivity index (χ2n) is 8.84. The summed E-state index contributed by atoms with van der Waals surface area (Å²) in [5.41, 5.74) is 0.924. The van der Waals surface area contributed by atoms with Crippen molar-refractivity contribution in [3.05, 3.63) is 35.1 Å². The number of amides is 2. The monoisotopic (exact) mass is 402 g/mol. The Morgan fingerprint density at radius 2 is 1.76 bits per heavy atom. The van der Waals surface area contributed by atoms with Crippen LogP contribution in [-0.2, 0) is 9.53 Å². The van der Waals surface area contributed by atoms with Crippen LogP contribution in [0.5, 0.6) is 0 Å². The Balaban J connectivity index is 1.28. The van der Waals surface area contributed by atoms with E-state index in [1.807, 2.05) is 4.90 Å². The Morgan fingerprint density at radius 3 is 2.38 bits per heavy atom. The van der Waals surface area contributed by atoms with E-state index in [0.717, 1.165) is 45.4 Å². The van der Waals surface area contributed by atoms with Crippen LogP contribution in [0.4, 0.5) is 4.39 Å². The maximum Gasteiger partial charge on any atom is 0.253 e. The van der Waals surface area contributed by atoms with Gasteiger partial charge >= 0.3 is 0 Å². The minimum Gasteiger partial charge on any atom is -0.375 e. The molecule has 0 radical (unpaired) electrons. The smallest absolute Gasteiger partial charge is 0.253 e. The van der Waals surface area contributed by atoms with E-state index in [-0.39, 0.29) is 29.2 Å². The molecule has 3 aliphatic heterocycles. The molecule has 0 saturated carbocycles. The topological polar surface area (TPSA) is 49.9 Å². The van der Waals surface area contributed by atoms with Gasteiger partial charge in [-0.05, 0) is 69.6 Å². The largest absolute Gasteiger partial charge is 0.375 e. The summed E-state index contributed by atoms with van der Waals surface area (Å²) < 4.78 is 19.9. The third-order valence-corrected chi connectivity index (χ3v) is 6.97. The van der Waals surface area contributed by atoms with Crippen LogP contribution in [0, 0.1) is 18.7 Å². The SMILES string of the molecule is Cc1ccc(C(=O)N2CCC(C(=O)N3CCC4(CCCCO4)CC3)CC2)cc1F. The van der Waals surface area contributed by atoms with Crippen LogP contribution >= 0.6 is 0 Å². The number of ether oxygens (including phenoxy) is 1. The van der Waals surface area contributed by atoms with Crippen molar-refractivity contribution in [3.63, 3.8) is 0 Å². The van der Waals surface area contributed by atoms with Crippen molar-refractivity contribution < 1.29 is 18.7 Å². The van der Waals surface area contributed by atoms with Gasteiger partial charge in [0.25, 0.3) is 5.91 Å². The lowest BCUT2D eigenvalue weighted by molar-refractivity contribution is -0.147. The number of nitrogens with zero attached hydrogens (tertiary/aromatic N) is 2. The van der Waals surface area contributed by atoms with Crippen molar-refractivity contribution >= 4 is 11.8 Å². The Hall–Kier alpha value is -1.95. The standard InChI is InChI=1S/C23H31FN2O3/c1-17-4-5-19(16-20(17)24)22(28)25-11-6-18(7-12-25)21(27)26-13-9-23(10-14-26)8-2-3-15-29-23/h4-5,16,18H,2-3,6-15H2,1H3. The fraction of sp³-hybridized carbons (Fsp3) is 0.652. The maximum absolute atomic E-state index is 13.8. The molecule has 4 rings (SSSR count). The molecule has 158 valence electrons. The van der Waals surface area contributed by atoms with E-state index in [2.05, 4.69) is 0 Å². The van der Waals surface area contributed by atoms with Crippen LogP contribution in [-0.4, -0.2) is 60.0 Å². The number of carbonyl (C=O) groups is 2. The van der Waals surface area contributed by atoms with Gasteiger partial charge in [-0.1, -0.05) is 6.07 Å². The summed E-state index contributed by atoms with van der Waals surface area (Å²) in [5, 5.41) is 0. The molecule has 5 nitrogen and oxygen atoms in total. The summed E-state index contributed by atoms with van der Waals surface area (Å²) in [4.78, 5) is 29.4. The molecule has 2 amide bonds. The summed E-state index contributed by atoms with van der Waals surface area (Å²) >= 11 is 0. The van der Waals surface area contributed by atoms with Crippen molar-refractivity contribution in [3.8, 4) is 0 Å². The van der Waals surface area contributed by atoms with E-state index in [1.54, 1.807) is 24.0 Å². The number of halogens is 1. The van der Waals surface area contributed by atoms with Gasteiger partial charge in [-0.3, -0.25) is 9.59 Å². The second-order valence-corrected chi connectivity index (χ2v) is 8.84. The minimum absolute atomic E-state index is 0.00806. The van der Waals surface area contributed by atoms with Crippen LogP contribution in [0.3, 0.4) is 0 Å². The molecule has 1 spiro atoms. The Labute approximate surface area is 172 Å². The highest BCUT2D eigenvalue weighted by Crippen LogP contribution is 2.35. The number of carbonyl (C=O) groups excluding carboxylic acids is 2. The molecule has 0 N–H and O–H groups in total. The third kappa shape index (κ3) is 4.32. The van der Waals surface area contributed by atoms with Gasteiger partial charge in [0.2, 0.25) is 5.91 Å². The summed E-state index contributed by atoms with van der Waals surface area (Å²) in [6, 6.07) is 4.62. The van der Waals surface area contributed by atoms with Gasteiger partial charge in [0.05, 0.1) is 5.60 Å². The first kappa shape index (κ1) is 20.3. The molecule has 0 atom stereocenters. The lowest BCUT2D eigenvalue weighted by atomic mass is 9.84. The molecule has 0 aromatic heterocycles. The molecule has 29 heavy (non-hydrogen) atoms. The lowest BCUT2D eigenvalue weighted by Crippen LogP contribution is -2.51. The van der Waals surface area contributed by atoms with Gasteiger partial charge in [-0.15, -0.1) is 0 Å². The molecular formula is C23H31FN2O3. The molecule has 3 aliphatic rings. The zero-order valence-electron chi connectivity index (χ0n) is 17.3. The first-order chi connectivity index (χ1) is 14.0. The van der Waals surface area contributed by atoms with Gasteiger partial charge in [-0.2, -0.15) is 0 Å². The molecule has 1 aromatic carbocycles. The van der Waals surface area contributed by atoms with Crippen LogP contribution in [0.1, 0.15) is 60.9 Å². The molecular weight excluding hydrogens is 371 g/mol. The van der Waals surface area contributed by atoms with Crippen LogP contribution in [0.2, 0.25) is 0 Å². The first-order valence-electron chi connectivity index (χ1n) is 11.0. The average Bonchev–Trinajstić information content (AvgIpc) is 2.76. The van der Waals surface area contributed by atoms with Gasteiger partial charge in [0.15, 0.2) is 0 Å². The number of hydrogen-bond donors (Lipinski definition) is 0. The lowest BCUT2D eigenvalue weighted by Gasteiger charge is -2.45. The Morgan fingerprint density at radius 1 is 1.03 bits per heavy atom. The van der Waals surface area contributed by atoms with E-state index in [4.69, 9.17) is 4.74 Å². The van der Waals surface area contributed by atoms with Gasteiger partial charge in [0, 0.05) is 44.3 Å². The van der Waals surface area contributed by atoms with Gasteiger partial charge in [0.1, 0.15) is 5.82 Å². The number of hydrogen-bond acceptors (Lipinski definition) is 3. The second kappa shape index (κ2) is 8.42. The van der Waals surface area contributed by atoms with E-state index >= 15 is 0 Å². The average molecular weight is 403 g/mol.